The lowest BCUT2D eigenvalue weighted by Gasteiger charge is -2.49. The quantitative estimate of drug-likeness (QED) is 0.292. The van der Waals surface area contributed by atoms with Crippen LogP contribution in [-0.4, -0.2) is 52.5 Å². The van der Waals surface area contributed by atoms with E-state index in [-0.39, 0.29) is 30.9 Å². The van der Waals surface area contributed by atoms with Crippen molar-refractivity contribution < 1.29 is 19.4 Å². The number of aromatic nitrogens is 3. The lowest BCUT2D eigenvalue weighted by Crippen LogP contribution is -2.59. The van der Waals surface area contributed by atoms with Crippen LogP contribution in [0, 0.1) is 0 Å². The molecule has 4 atom stereocenters. The molecule has 1 saturated heterocycles. The number of nitrogens with zero attached hydrogens (tertiary/aromatic N) is 4. The molecular weight excluding hydrogens is 547 g/mol. The zero-order chi connectivity index (χ0) is 27.9. The lowest BCUT2D eigenvalue weighted by atomic mass is 9.64. The van der Waals surface area contributed by atoms with E-state index < -0.39 is 44.9 Å². The van der Waals surface area contributed by atoms with Crippen molar-refractivity contribution in [2.45, 2.75) is 41.3 Å². The number of phenols is 1. The Morgan fingerprint density at radius 3 is 2.41 bits per heavy atom. The van der Waals surface area contributed by atoms with Crippen molar-refractivity contribution in [1.82, 2.24) is 18.8 Å². The maximum atomic E-state index is 13.6. The molecule has 0 radical (unpaired) electrons. The maximum absolute atomic E-state index is 13.6. The summed E-state index contributed by atoms with van der Waals surface area (Å²) >= 11 is 14.1. The second kappa shape index (κ2) is 8.62. The maximum Gasteiger partial charge on any atom is 0.347 e. The molecule has 1 aliphatic carbocycles. The van der Waals surface area contributed by atoms with Crippen LogP contribution in [0.5, 0.6) is 11.5 Å². The molecule has 0 bridgehead atoms. The third kappa shape index (κ3) is 3.34. The number of likely N-dealkylation sites (tertiary alicyclic amines) is 1. The number of allylic oxidation sites excluding steroid dienone is 2. The number of hydrogen-bond acceptors (Lipinski definition) is 6. The fourth-order valence-corrected chi connectivity index (χ4v) is 7.05. The van der Waals surface area contributed by atoms with Crippen molar-refractivity contribution in [2.24, 2.45) is 7.05 Å². The van der Waals surface area contributed by atoms with E-state index in [4.69, 9.17) is 27.9 Å². The normalized spacial score (nSPS) is 27.6. The third-order valence-electron chi connectivity index (χ3n) is 8.03. The average molecular weight is 571 g/mol. The standard InChI is InChI=1S/C27H24Cl2N4O6/c1-30-22(35)26(28)13-19-17(10-11-32-24(37)31(2)25(38)33(19)32)21(27(26,29)23(30)36)18-9-8-16(12-20(18)34)39-14-15-6-4-3-5-7-15/h3-10,12,19,21,34H,11,13-14H2,1-2H3/t19-,21-,26-,27+/m1/s1. The van der Waals surface area contributed by atoms with Crippen LogP contribution in [0.25, 0.3) is 0 Å². The topological polar surface area (TPSA) is 116 Å². The van der Waals surface area contributed by atoms with Gasteiger partial charge < -0.3 is 9.84 Å². The number of carbonyl (C=O) groups is 2. The first-order valence-corrected chi connectivity index (χ1v) is 13.0. The second-order valence-electron chi connectivity index (χ2n) is 10.1. The minimum atomic E-state index is -1.99. The number of phenolic OH excluding ortho intramolecular Hbond substituents is 1. The highest BCUT2D eigenvalue weighted by molar-refractivity contribution is 6.53. The Balaban J connectivity index is 1.49. The van der Waals surface area contributed by atoms with Gasteiger partial charge in [0.2, 0.25) is 0 Å². The number of alkyl halides is 2. The molecule has 1 saturated carbocycles. The first kappa shape index (κ1) is 25.5. The summed E-state index contributed by atoms with van der Waals surface area (Å²) in [5, 5.41) is 11.2. The first-order valence-electron chi connectivity index (χ1n) is 12.3. The Morgan fingerprint density at radius 2 is 1.72 bits per heavy atom. The second-order valence-corrected chi connectivity index (χ2v) is 11.3. The Morgan fingerprint density at radius 1 is 1.00 bits per heavy atom. The Labute approximate surface area is 232 Å². The highest BCUT2D eigenvalue weighted by Gasteiger charge is 2.75. The number of amides is 2. The van der Waals surface area contributed by atoms with Crippen molar-refractivity contribution >= 4 is 35.0 Å². The molecule has 3 heterocycles. The van der Waals surface area contributed by atoms with E-state index in [1.165, 1.54) is 29.5 Å². The van der Waals surface area contributed by atoms with Crippen molar-refractivity contribution in [3.63, 3.8) is 0 Å². The molecule has 2 aliphatic heterocycles. The fourth-order valence-electron chi connectivity index (χ4n) is 6.06. The van der Waals surface area contributed by atoms with Crippen molar-refractivity contribution in [1.29, 1.82) is 0 Å². The molecule has 1 N–H and O–H groups in total. The Hall–Kier alpha value is -3.76. The van der Waals surface area contributed by atoms with E-state index in [9.17, 15) is 24.3 Å². The van der Waals surface area contributed by atoms with Crippen LogP contribution in [-0.2, 0) is 29.8 Å². The number of benzene rings is 2. The number of hydrogen-bond donors (Lipinski definition) is 1. The van der Waals surface area contributed by atoms with E-state index in [2.05, 4.69) is 0 Å². The Kier molecular flexibility index (Phi) is 5.64. The summed E-state index contributed by atoms with van der Waals surface area (Å²) in [4.78, 5) is 49.7. The van der Waals surface area contributed by atoms with Gasteiger partial charge in [0.1, 0.15) is 18.1 Å². The third-order valence-corrected chi connectivity index (χ3v) is 9.45. The molecule has 3 aromatic rings. The van der Waals surface area contributed by atoms with Crippen LogP contribution in [0.15, 0.2) is 69.8 Å². The van der Waals surface area contributed by atoms with Crippen LogP contribution in [0.4, 0.5) is 0 Å². The van der Waals surface area contributed by atoms with Gasteiger partial charge in [-0.1, -0.05) is 42.5 Å². The van der Waals surface area contributed by atoms with Crippen LogP contribution < -0.4 is 16.1 Å². The van der Waals surface area contributed by atoms with Crippen LogP contribution in [0.3, 0.4) is 0 Å². The predicted octanol–water partition coefficient (Wildman–Crippen LogP) is 2.26. The van der Waals surface area contributed by atoms with Gasteiger partial charge >= 0.3 is 11.4 Å². The molecule has 3 aliphatic rings. The summed E-state index contributed by atoms with van der Waals surface area (Å²) in [6.45, 7) is 0.309. The van der Waals surface area contributed by atoms with E-state index in [0.29, 0.717) is 11.3 Å². The van der Waals surface area contributed by atoms with Gasteiger partial charge in [0.25, 0.3) is 11.8 Å². The molecule has 10 nitrogen and oxygen atoms in total. The van der Waals surface area contributed by atoms with Gasteiger partial charge in [0, 0.05) is 38.1 Å². The van der Waals surface area contributed by atoms with Crippen LogP contribution >= 0.6 is 23.2 Å². The SMILES string of the molecule is CN1C(=O)[C@]2(Cl)C[C@@H]3C(=CCn4c(=O)n(C)c(=O)n43)[C@H](c3ccc(OCc4ccccc4)cc3O)[C@]2(Cl)C1=O. The highest BCUT2D eigenvalue weighted by atomic mass is 35.5. The van der Waals surface area contributed by atoms with Gasteiger partial charge in [0.05, 0.1) is 12.6 Å². The summed E-state index contributed by atoms with van der Waals surface area (Å²) in [5.74, 6) is -2.34. The van der Waals surface area contributed by atoms with Gasteiger partial charge in [-0.15, -0.1) is 23.2 Å². The van der Waals surface area contributed by atoms with Crippen molar-refractivity contribution in [2.75, 3.05) is 7.05 Å². The number of carbonyl (C=O) groups excluding carboxylic acids is 2. The van der Waals surface area contributed by atoms with Crippen molar-refractivity contribution in [3.8, 4) is 11.5 Å². The molecule has 39 heavy (non-hydrogen) atoms. The zero-order valence-corrected chi connectivity index (χ0v) is 22.5. The molecule has 0 spiro atoms. The van der Waals surface area contributed by atoms with Gasteiger partial charge in [-0.25, -0.2) is 23.5 Å². The van der Waals surface area contributed by atoms with Gasteiger partial charge in [-0.2, -0.15) is 0 Å². The van der Waals surface area contributed by atoms with E-state index in [1.807, 2.05) is 30.3 Å². The average Bonchev–Trinajstić information content (AvgIpc) is 3.23. The molecule has 0 unspecified atom stereocenters. The molecule has 202 valence electrons. The van der Waals surface area contributed by atoms with E-state index >= 15 is 0 Å². The molecule has 2 aromatic carbocycles. The summed E-state index contributed by atoms with van der Waals surface area (Å²) in [7, 11) is 2.67. The molecule has 12 heteroatoms. The monoisotopic (exact) mass is 570 g/mol. The first-order chi connectivity index (χ1) is 18.5. The highest BCUT2D eigenvalue weighted by Crippen LogP contribution is 2.64. The molecule has 1 aromatic heterocycles. The van der Waals surface area contributed by atoms with Gasteiger partial charge in [-0.3, -0.25) is 14.5 Å². The number of aromatic hydroxyl groups is 1. The summed E-state index contributed by atoms with van der Waals surface area (Å²) in [6, 6.07) is 13.3. The lowest BCUT2D eigenvalue weighted by molar-refractivity contribution is -0.137. The number of halogens is 2. The fraction of sp³-hybridized carbons (Fsp3) is 0.333. The summed E-state index contributed by atoms with van der Waals surface area (Å²) in [6.07, 6.45) is 1.52. The van der Waals surface area contributed by atoms with Crippen LogP contribution in [0.1, 0.15) is 29.5 Å². The molecular formula is C27H24Cl2N4O6. The zero-order valence-electron chi connectivity index (χ0n) is 21.0. The molecule has 2 fully saturated rings. The van der Waals surface area contributed by atoms with Crippen molar-refractivity contribution in [3.05, 3.63) is 92.3 Å². The van der Waals surface area contributed by atoms with Gasteiger partial charge in [-0.05, 0) is 17.2 Å². The summed E-state index contributed by atoms with van der Waals surface area (Å²) < 4.78 is 9.33. The number of ether oxygens (including phenoxy) is 1. The van der Waals surface area contributed by atoms with Crippen LogP contribution in [0.2, 0.25) is 0 Å². The minimum absolute atomic E-state index is 0.0382. The predicted molar refractivity (Wildman–Crippen MR) is 142 cm³/mol. The van der Waals surface area contributed by atoms with Gasteiger partial charge in [0.15, 0.2) is 9.75 Å². The number of fused-ring (bicyclic) bond motifs is 4. The summed E-state index contributed by atoms with van der Waals surface area (Å²) in [5.41, 5.74) is 0.586. The number of rotatable bonds is 4. The minimum Gasteiger partial charge on any atom is -0.508 e. The largest absolute Gasteiger partial charge is 0.508 e. The molecule has 2 amide bonds. The smallest absolute Gasteiger partial charge is 0.347 e. The molecule has 6 rings (SSSR count). The van der Waals surface area contributed by atoms with E-state index in [0.717, 1.165) is 15.0 Å². The van der Waals surface area contributed by atoms with E-state index in [1.54, 1.807) is 18.2 Å². The Bertz CT molecular complexity index is 1690. The number of imide groups is 1.